The van der Waals surface area contributed by atoms with E-state index in [1.165, 1.54) is 6.20 Å². The molecule has 2 heterocycles. The highest BCUT2D eigenvalue weighted by Crippen LogP contribution is 2.24. The average Bonchev–Trinajstić information content (AvgIpc) is 3.03. The number of nitrogens with one attached hydrogen (secondary N) is 2. The lowest BCUT2D eigenvalue weighted by molar-refractivity contribution is -0.353. The predicted molar refractivity (Wildman–Crippen MR) is 95.2 cm³/mol. The highest BCUT2D eigenvalue weighted by atomic mass is 32.1. The Morgan fingerprint density at radius 1 is 1.29 bits per heavy atom. The minimum atomic E-state index is -0.201. The molecule has 24 heavy (non-hydrogen) atoms. The first kappa shape index (κ1) is 16.5. The van der Waals surface area contributed by atoms with Gasteiger partial charge in [0.2, 0.25) is 5.00 Å². The van der Waals surface area contributed by atoms with Gasteiger partial charge in [0.05, 0.1) is 5.56 Å². The van der Waals surface area contributed by atoms with Gasteiger partial charge in [-0.15, -0.1) is 4.91 Å². The molecular formula is C16H20N5O2S+. The number of amides is 1. The van der Waals surface area contributed by atoms with E-state index < -0.39 is 0 Å². The van der Waals surface area contributed by atoms with Gasteiger partial charge in [-0.2, -0.15) is 5.32 Å². The molecule has 2 N–H and O–H groups in total. The highest BCUT2D eigenvalue weighted by Gasteiger charge is 2.20. The van der Waals surface area contributed by atoms with Crippen molar-refractivity contribution >= 4 is 33.1 Å². The normalized spacial score (nSPS) is 15.3. The molecular weight excluding hydrogens is 326 g/mol. The third kappa shape index (κ3) is 3.60. The van der Waals surface area contributed by atoms with Gasteiger partial charge in [-0.3, -0.25) is 0 Å². The second-order valence-electron chi connectivity index (χ2n) is 5.89. The van der Waals surface area contributed by atoms with Crippen LogP contribution in [0.1, 0.15) is 15.9 Å². The van der Waals surface area contributed by atoms with Crippen molar-refractivity contribution in [2.45, 2.75) is 6.92 Å². The first-order valence-electron chi connectivity index (χ1n) is 7.77. The molecule has 0 radical (unpaired) electrons. The lowest BCUT2D eigenvalue weighted by atomic mass is 10.1. The van der Waals surface area contributed by atoms with Crippen LogP contribution < -0.4 is 15.2 Å². The van der Waals surface area contributed by atoms with Crippen molar-refractivity contribution in [2.24, 2.45) is 5.18 Å². The second-order valence-corrected chi connectivity index (χ2v) is 6.92. The first-order chi connectivity index (χ1) is 11.6. The van der Waals surface area contributed by atoms with Gasteiger partial charge < -0.3 is 9.80 Å². The summed E-state index contributed by atoms with van der Waals surface area (Å²) in [6.45, 7) is 6.01. The maximum absolute atomic E-state index is 12.4. The number of nitroso groups, excluding NO2 is 1. The zero-order valence-corrected chi connectivity index (χ0v) is 14.5. The van der Waals surface area contributed by atoms with E-state index in [0.29, 0.717) is 15.7 Å². The number of likely N-dealkylation sites (N-methyl/N-ethyl adjacent to an activating group) is 1. The van der Waals surface area contributed by atoms with Gasteiger partial charge in [0.1, 0.15) is 6.20 Å². The molecule has 0 aliphatic carbocycles. The maximum Gasteiger partial charge on any atom is 0.341 e. The van der Waals surface area contributed by atoms with Gasteiger partial charge >= 0.3 is 11.0 Å². The summed E-state index contributed by atoms with van der Waals surface area (Å²) in [4.78, 5) is 30.3. The molecule has 0 bridgehead atoms. The number of aromatic amines is 1. The molecule has 1 aliphatic heterocycles. The zero-order chi connectivity index (χ0) is 17.1. The number of H-pyrrole nitrogens is 1. The van der Waals surface area contributed by atoms with Crippen LogP contribution >= 0.6 is 11.3 Å². The lowest BCUT2D eigenvalue weighted by Crippen LogP contribution is -2.44. The molecule has 1 saturated heterocycles. The first-order valence-corrected chi connectivity index (χ1v) is 8.59. The summed E-state index contributed by atoms with van der Waals surface area (Å²) in [6.07, 6.45) is 1.47. The Balaban J connectivity index is 1.72. The topological polar surface area (TPSA) is 79.2 Å². The van der Waals surface area contributed by atoms with Gasteiger partial charge in [0.25, 0.3) is 0 Å². The van der Waals surface area contributed by atoms with E-state index in [4.69, 9.17) is 0 Å². The Morgan fingerprint density at radius 3 is 2.67 bits per heavy atom. The maximum atomic E-state index is 12.4. The van der Waals surface area contributed by atoms with Gasteiger partial charge in [-0.05, 0) is 54.2 Å². The largest absolute Gasteiger partial charge is 0.369 e. The van der Waals surface area contributed by atoms with Crippen molar-refractivity contribution < 1.29 is 9.78 Å². The number of rotatable bonds is 4. The molecule has 8 heteroatoms. The number of benzene rings is 1. The van der Waals surface area contributed by atoms with Crippen LogP contribution in [0.5, 0.6) is 0 Å². The fourth-order valence-electron chi connectivity index (χ4n) is 2.73. The van der Waals surface area contributed by atoms with Gasteiger partial charge in [0.15, 0.2) is 0 Å². The summed E-state index contributed by atoms with van der Waals surface area (Å²) >= 11 is 1.11. The van der Waals surface area contributed by atoms with Gasteiger partial charge in [-0.25, -0.2) is 9.78 Å². The Kier molecular flexibility index (Phi) is 4.86. The van der Waals surface area contributed by atoms with E-state index in [2.05, 4.69) is 38.4 Å². The molecule has 0 spiro atoms. The van der Waals surface area contributed by atoms with E-state index >= 15 is 0 Å². The zero-order valence-electron chi connectivity index (χ0n) is 13.7. The third-order valence-electron chi connectivity index (χ3n) is 4.17. The van der Waals surface area contributed by atoms with Crippen molar-refractivity contribution in [3.63, 3.8) is 0 Å². The summed E-state index contributed by atoms with van der Waals surface area (Å²) in [5, 5.41) is 6.39. The average molecular weight is 346 g/mol. The molecule has 1 aromatic carbocycles. The number of nitrogens with zero attached hydrogens (tertiary/aromatic N) is 3. The van der Waals surface area contributed by atoms with E-state index in [1.54, 1.807) is 0 Å². The fourth-order valence-corrected chi connectivity index (χ4v) is 3.36. The molecule has 126 valence electrons. The molecule has 7 nitrogen and oxygen atoms in total. The van der Waals surface area contributed by atoms with Crippen molar-refractivity contribution in [2.75, 3.05) is 43.4 Å². The quantitative estimate of drug-likeness (QED) is 0.862. The Bertz CT molecular complexity index is 753. The minimum Gasteiger partial charge on any atom is -0.369 e. The summed E-state index contributed by atoms with van der Waals surface area (Å²) in [6, 6.07) is 5.89. The molecule has 0 atom stereocenters. The van der Waals surface area contributed by atoms with Crippen LogP contribution in [-0.2, 0) is 0 Å². The lowest BCUT2D eigenvalue weighted by Gasteiger charge is -2.34. The minimum absolute atomic E-state index is 0.201. The molecule has 3 rings (SSSR count). The van der Waals surface area contributed by atoms with E-state index in [-0.39, 0.29) is 5.91 Å². The molecule has 0 unspecified atom stereocenters. The number of thiazole rings is 1. The van der Waals surface area contributed by atoms with Crippen molar-refractivity contribution in [3.05, 3.63) is 40.4 Å². The number of anilines is 2. The number of hydrogen-bond acceptors (Lipinski definition) is 6. The molecule has 1 fully saturated rings. The van der Waals surface area contributed by atoms with Crippen LogP contribution in [0.15, 0.2) is 29.6 Å². The molecule has 0 saturated carbocycles. The Hall–Kier alpha value is -2.32. The second kappa shape index (κ2) is 7.06. The fraction of sp³-hybridized carbons (Fsp3) is 0.375. The van der Waals surface area contributed by atoms with Crippen molar-refractivity contribution in [1.29, 1.82) is 0 Å². The number of carbonyl (C=O) groups is 1. The number of aryl methyl sites for hydroxylation is 1. The van der Waals surface area contributed by atoms with Crippen LogP contribution in [0.4, 0.5) is 15.8 Å². The van der Waals surface area contributed by atoms with Crippen molar-refractivity contribution in [1.82, 2.24) is 4.90 Å². The highest BCUT2D eigenvalue weighted by molar-refractivity contribution is 7.18. The SMILES string of the molecule is Cc1cc(N2CCN(C)CC2)ccc1C(=O)Nc1[nH+]cc(N=O)s1. The van der Waals surface area contributed by atoms with Crippen LogP contribution in [0.25, 0.3) is 0 Å². The number of aromatic nitrogens is 1. The summed E-state index contributed by atoms with van der Waals surface area (Å²) in [5.74, 6) is -0.201. The predicted octanol–water partition coefficient (Wildman–Crippen LogP) is 2.27. The monoisotopic (exact) mass is 346 g/mol. The molecule has 1 aliphatic rings. The molecule has 1 aromatic heterocycles. The van der Waals surface area contributed by atoms with Crippen LogP contribution in [0, 0.1) is 11.8 Å². The molecule has 1 amide bonds. The third-order valence-corrected chi connectivity index (χ3v) is 5.00. The summed E-state index contributed by atoms with van der Waals surface area (Å²) in [7, 11) is 2.13. The van der Waals surface area contributed by atoms with Gasteiger partial charge in [0, 0.05) is 31.9 Å². The number of hydrogen-bond donors (Lipinski definition) is 1. The van der Waals surface area contributed by atoms with Crippen molar-refractivity contribution in [3.8, 4) is 0 Å². The van der Waals surface area contributed by atoms with E-state index in [9.17, 15) is 9.70 Å². The number of carbonyl (C=O) groups excluding carboxylic acids is 1. The summed E-state index contributed by atoms with van der Waals surface area (Å²) < 4.78 is 0. The summed E-state index contributed by atoms with van der Waals surface area (Å²) in [5.41, 5.74) is 2.69. The van der Waals surface area contributed by atoms with E-state index in [0.717, 1.165) is 48.8 Å². The Morgan fingerprint density at radius 2 is 2.04 bits per heavy atom. The Labute approximate surface area is 144 Å². The van der Waals surface area contributed by atoms with Crippen LogP contribution in [-0.4, -0.2) is 44.0 Å². The van der Waals surface area contributed by atoms with Crippen LogP contribution in [0.3, 0.4) is 0 Å². The van der Waals surface area contributed by atoms with Gasteiger partial charge in [-0.1, -0.05) is 0 Å². The van der Waals surface area contributed by atoms with E-state index in [1.807, 2.05) is 19.1 Å². The smallest absolute Gasteiger partial charge is 0.341 e. The molecule has 2 aromatic rings. The number of piperazine rings is 1. The standard InChI is InChI=1S/C16H19N5O2S/c1-11-9-12(21-7-5-20(2)6-8-21)3-4-13(11)15(22)18-16-17-10-14(19-23)24-16/h3-4,9-10H,5-8H2,1-2H3,(H,17,18,22)/p+1. The van der Waals surface area contributed by atoms with Crippen LogP contribution in [0.2, 0.25) is 0 Å².